The van der Waals surface area contributed by atoms with Gasteiger partial charge in [0.15, 0.2) is 17.3 Å². The molecular formula is C21H14ClF5N4O3. The maximum atomic E-state index is 14.5. The van der Waals surface area contributed by atoms with Crippen LogP contribution in [0.4, 0.5) is 22.0 Å². The van der Waals surface area contributed by atoms with Gasteiger partial charge in [-0.05, 0) is 19.1 Å². The lowest BCUT2D eigenvalue weighted by molar-refractivity contribution is -0.139. The largest absolute Gasteiger partial charge is 0.481 e. The molecule has 0 saturated heterocycles. The minimum Gasteiger partial charge on any atom is -0.481 e. The third-order valence-corrected chi connectivity index (χ3v) is 4.75. The Balaban J connectivity index is 2.20. The van der Waals surface area contributed by atoms with E-state index in [0.29, 0.717) is 17.6 Å². The van der Waals surface area contributed by atoms with E-state index in [1.54, 1.807) is 19.1 Å². The van der Waals surface area contributed by atoms with E-state index in [4.69, 9.17) is 26.3 Å². The molecule has 0 N–H and O–H groups in total. The number of rotatable bonds is 7. The molecule has 0 atom stereocenters. The lowest BCUT2D eigenvalue weighted by Gasteiger charge is -2.19. The number of benzene rings is 1. The number of hydrogen-bond acceptors (Lipinski definition) is 6. The third-order valence-electron chi connectivity index (χ3n) is 4.54. The van der Waals surface area contributed by atoms with Crippen molar-refractivity contribution in [3.63, 3.8) is 0 Å². The van der Waals surface area contributed by atoms with Gasteiger partial charge >= 0.3 is 12.3 Å². The van der Waals surface area contributed by atoms with Crippen LogP contribution in [0.5, 0.6) is 17.4 Å². The Morgan fingerprint density at radius 3 is 2.62 bits per heavy atom. The summed E-state index contributed by atoms with van der Waals surface area (Å²) in [7, 11) is 1.32. The second kappa shape index (κ2) is 9.64. The molecule has 0 saturated carbocycles. The van der Waals surface area contributed by atoms with E-state index < -0.39 is 46.5 Å². The molecule has 3 rings (SSSR count). The standard InChI is InChI=1S/C21H14ClF5N4O3/c1-10-3-4-11(18(30-10)33-2)8-31-9-29-17(21(26,27)20(24)25)16(19(31)32)34-14-6-13(22)5-12(7-28)15(14)23/h3-6,9,20H,8H2,1-2H3. The van der Waals surface area contributed by atoms with Gasteiger partial charge in [0, 0.05) is 22.3 Å². The second-order valence-corrected chi connectivity index (χ2v) is 7.32. The average Bonchev–Trinajstić information content (AvgIpc) is 2.79. The van der Waals surface area contributed by atoms with Crippen LogP contribution in [0.25, 0.3) is 0 Å². The van der Waals surface area contributed by atoms with Crippen molar-refractivity contribution in [1.82, 2.24) is 14.5 Å². The Hall–Kier alpha value is -3.72. The summed E-state index contributed by atoms with van der Waals surface area (Å²) in [5.41, 5.74) is -2.74. The third kappa shape index (κ3) is 4.79. The molecular weight excluding hydrogens is 487 g/mol. The van der Waals surface area contributed by atoms with Crippen LogP contribution in [0.1, 0.15) is 22.5 Å². The molecule has 0 unspecified atom stereocenters. The molecule has 0 bridgehead atoms. The molecule has 0 aliphatic heterocycles. The summed E-state index contributed by atoms with van der Waals surface area (Å²) in [6, 6.07) is 6.34. The Bertz CT molecular complexity index is 1340. The van der Waals surface area contributed by atoms with E-state index in [2.05, 4.69) is 9.97 Å². The molecule has 0 radical (unpaired) electrons. The van der Waals surface area contributed by atoms with Gasteiger partial charge in [0.2, 0.25) is 11.6 Å². The molecule has 7 nitrogen and oxygen atoms in total. The van der Waals surface area contributed by atoms with Crippen LogP contribution in [0.15, 0.2) is 35.4 Å². The number of aromatic nitrogens is 3. The zero-order valence-electron chi connectivity index (χ0n) is 17.5. The summed E-state index contributed by atoms with van der Waals surface area (Å²) in [4.78, 5) is 20.5. The van der Waals surface area contributed by atoms with Crippen LogP contribution in [0, 0.1) is 24.1 Å². The summed E-state index contributed by atoms with van der Waals surface area (Å²) in [6.45, 7) is 1.36. The number of alkyl halides is 4. The van der Waals surface area contributed by atoms with Crippen LogP contribution in [-0.4, -0.2) is 28.1 Å². The number of ether oxygens (including phenoxy) is 2. The van der Waals surface area contributed by atoms with Crippen LogP contribution in [0.3, 0.4) is 0 Å². The molecule has 0 amide bonds. The first-order valence-electron chi connectivity index (χ1n) is 9.33. The van der Waals surface area contributed by atoms with Crippen molar-refractivity contribution >= 4 is 11.6 Å². The highest BCUT2D eigenvalue weighted by molar-refractivity contribution is 6.30. The highest BCUT2D eigenvalue weighted by Gasteiger charge is 2.48. The molecule has 13 heteroatoms. The van der Waals surface area contributed by atoms with Gasteiger partial charge in [-0.15, -0.1) is 0 Å². The normalized spacial score (nSPS) is 11.4. The van der Waals surface area contributed by atoms with Crippen molar-refractivity contribution in [3.05, 3.63) is 74.3 Å². The number of pyridine rings is 1. The summed E-state index contributed by atoms with van der Waals surface area (Å²) in [6.07, 6.45) is -3.63. The number of nitrogens with zero attached hydrogens (tertiary/aromatic N) is 4. The predicted molar refractivity (Wildman–Crippen MR) is 109 cm³/mol. The van der Waals surface area contributed by atoms with Crippen LogP contribution >= 0.6 is 11.6 Å². The number of nitriles is 1. The SMILES string of the molecule is COc1nc(C)ccc1Cn1cnc(C(F)(F)C(F)F)c(Oc2cc(Cl)cc(C#N)c2F)c1=O. The van der Waals surface area contributed by atoms with Gasteiger partial charge < -0.3 is 9.47 Å². The number of hydrogen-bond donors (Lipinski definition) is 0. The highest BCUT2D eigenvalue weighted by Crippen LogP contribution is 2.39. The van der Waals surface area contributed by atoms with Gasteiger partial charge in [-0.2, -0.15) is 14.0 Å². The Morgan fingerprint density at radius 2 is 2.00 bits per heavy atom. The van der Waals surface area contributed by atoms with E-state index in [-0.39, 0.29) is 17.4 Å². The Labute approximate surface area is 194 Å². The molecule has 1 aromatic carbocycles. The molecule has 3 aromatic rings. The van der Waals surface area contributed by atoms with E-state index in [0.717, 1.165) is 16.7 Å². The fraction of sp³-hybridized carbons (Fsp3) is 0.238. The number of methoxy groups -OCH3 is 1. The minimum atomic E-state index is -4.91. The first-order chi connectivity index (χ1) is 16.0. The zero-order chi connectivity index (χ0) is 25.2. The van der Waals surface area contributed by atoms with E-state index >= 15 is 0 Å². The molecule has 0 spiro atoms. The van der Waals surface area contributed by atoms with Crippen molar-refractivity contribution in [2.45, 2.75) is 25.8 Å². The van der Waals surface area contributed by atoms with Crippen molar-refractivity contribution in [2.75, 3.05) is 7.11 Å². The first kappa shape index (κ1) is 24.9. The van der Waals surface area contributed by atoms with Crippen LogP contribution < -0.4 is 15.0 Å². The highest BCUT2D eigenvalue weighted by atomic mass is 35.5. The molecule has 0 fully saturated rings. The maximum Gasteiger partial charge on any atom is 0.352 e. The number of aryl methyl sites for hydroxylation is 1. The summed E-state index contributed by atoms with van der Waals surface area (Å²) in [5, 5.41) is 8.78. The summed E-state index contributed by atoms with van der Waals surface area (Å²) >= 11 is 5.79. The Morgan fingerprint density at radius 1 is 1.29 bits per heavy atom. The summed E-state index contributed by atoms with van der Waals surface area (Å²) < 4.78 is 80.1. The van der Waals surface area contributed by atoms with E-state index in [9.17, 15) is 26.7 Å². The molecule has 2 heterocycles. The summed E-state index contributed by atoms with van der Waals surface area (Å²) in [5.74, 6) is -8.39. The van der Waals surface area contributed by atoms with Crippen molar-refractivity contribution in [2.24, 2.45) is 0 Å². The zero-order valence-corrected chi connectivity index (χ0v) is 18.2. The van der Waals surface area contributed by atoms with Crippen LogP contribution in [0.2, 0.25) is 5.02 Å². The molecule has 0 aliphatic rings. The van der Waals surface area contributed by atoms with Gasteiger partial charge in [0.25, 0.3) is 5.56 Å². The van der Waals surface area contributed by atoms with Gasteiger partial charge in [-0.3, -0.25) is 9.36 Å². The van der Waals surface area contributed by atoms with Gasteiger partial charge in [0.05, 0.1) is 25.5 Å². The lowest BCUT2D eigenvalue weighted by atomic mass is 10.2. The quantitative estimate of drug-likeness (QED) is 0.432. The fourth-order valence-electron chi connectivity index (χ4n) is 2.89. The van der Waals surface area contributed by atoms with Gasteiger partial charge in [-0.1, -0.05) is 17.7 Å². The predicted octanol–water partition coefficient (Wildman–Crippen LogP) is 4.82. The maximum absolute atomic E-state index is 14.5. The van der Waals surface area contributed by atoms with Crippen LogP contribution in [-0.2, 0) is 12.5 Å². The van der Waals surface area contributed by atoms with Gasteiger partial charge in [0.1, 0.15) is 6.07 Å². The topological polar surface area (TPSA) is 90.0 Å². The fourth-order valence-corrected chi connectivity index (χ4v) is 3.10. The molecule has 34 heavy (non-hydrogen) atoms. The van der Waals surface area contributed by atoms with Crippen molar-refractivity contribution in [3.8, 4) is 23.4 Å². The lowest BCUT2D eigenvalue weighted by Crippen LogP contribution is -2.32. The molecule has 2 aromatic heterocycles. The number of halogens is 6. The average molecular weight is 501 g/mol. The molecule has 0 aliphatic carbocycles. The van der Waals surface area contributed by atoms with Crippen molar-refractivity contribution < 1.29 is 31.4 Å². The van der Waals surface area contributed by atoms with E-state index in [1.807, 2.05) is 0 Å². The second-order valence-electron chi connectivity index (χ2n) is 6.88. The minimum absolute atomic E-state index is 0.121. The molecule has 178 valence electrons. The first-order valence-corrected chi connectivity index (χ1v) is 9.70. The monoisotopic (exact) mass is 500 g/mol. The smallest absolute Gasteiger partial charge is 0.352 e. The van der Waals surface area contributed by atoms with Crippen molar-refractivity contribution in [1.29, 1.82) is 5.26 Å². The Kier molecular flexibility index (Phi) is 7.07. The van der Waals surface area contributed by atoms with Gasteiger partial charge in [-0.25, -0.2) is 23.1 Å². The van der Waals surface area contributed by atoms with E-state index in [1.165, 1.54) is 13.2 Å².